The van der Waals surface area contributed by atoms with Crippen LogP contribution in [0.15, 0.2) is 5.16 Å². The van der Waals surface area contributed by atoms with E-state index < -0.39 is 14.7 Å². The van der Waals surface area contributed by atoms with Crippen molar-refractivity contribution in [3.8, 4) is 0 Å². The average Bonchev–Trinajstić information content (AvgIpc) is 2.59. The molecular formula is C11H20ClN3O3S. The van der Waals surface area contributed by atoms with E-state index in [9.17, 15) is 8.42 Å². The summed E-state index contributed by atoms with van der Waals surface area (Å²) in [6.07, 6.45) is 0.454. The van der Waals surface area contributed by atoms with Crippen LogP contribution in [-0.2, 0) is 26.8 Å². The van der Waals surface area contributed by atoms with Crippen LogP contribution in [0.5, 0.6) is 0 Å². The molecule has 0 atom stereocenters. The Bertz CT molecular complexity index is 537. The first-order chi connectivity index (χ1) is 8.57. The van der Waals surface area contributed by atoms with Gasteiger partial charge in [-0.15, -0.1) is 10.2 Å². The van der Waals surface area contributed by atoms with E-state index in [-0.39, 0.29) is 11.1 Å². The lowest BCUT2D eigenvalue weighted by Gasteiger charge is -2.23. The molecule has 0 radical (unpaired) electrons. The standard InChI is InChI=1S/C11H20ClN3O3S/c1-8(2)7-15-9(6-11(3,4)18-5)13-14-10(15)19(12,16)17/h8H,6-7H2,1-5H3. The van der Waals surface area contributed by atoms with Gasteiger partial charge in [-0.05, 0) is 19.8 Å². The monoisotopic (exact) mass is 309 g/mol. The van der Waals surface area contributed by atoms with Gasteiger partial charge >= 0.3 is 0 Å². The van der Waals surface area contributed by atoms with E-state index in [0.717, 1.165) is 0 Å². The van der Waals surface area contributed by atoms with Crippen molar-refractivity contribution in [3.63, 3.8) is 0 Å². The highest BCUT2D eigenvalue weighted by Gasteiger charge is 2.27. The zero-order valence-corrected chi connectivity index (χ0v) is 13.4. The van der Waals surface area contributed by atoms with E-state index >= 15 is 0 Å². The summed E-state index contributed by atoms with van der Waals surface area (Å²) < 4.78 is 29.9. The highest BCUT2D eigenvalue weighted by atomic mass is 35.7. The molecule has 0 amide bonds. The molecule has 1 aromatic rings. The number of methoxy groups -OCH3 is 1. The van der Waals surface area contributed by atoms with Gasteiger partial charge in [-0.1, -0.05) is 13.8 Å². The van der Waals surface area contributed by atoms with Crippen molar-refractivity contribution in [2.24, 2.45) is 5.92 Å². The second-order valence-corrected chi connectivity index (χ2v) is 7.94. The van der Waals surface area contributed by atoms with Crippen LogP contribution in [0.2, 0.25) is 0 Å². The van der Waals surface area contributed by atoms with Crippen LogP contribution >= 0.6 is 10.7 Å². The highest BCUT2D eigenvalue weighted by molar-refractivity contribution is 8.13. The molecule has 1 heterocycles. The third kappa shape index (κ3) is 4.43. The molecule has 0 N–H and O–H groups in total. The SMILES string of the molecule is COC(C)(C)Cc1nnc(S(=O)(=O)Cl)n1CC(C)C. The topological polar surface area (TPSA) is 74.1 Å². The molecule has 0 aliphatic heterocycles. The third-order valence-corrected chi connectivity index (χ3v) is 3.85. The van der Waals surface area contributed by atoms with E-state index in [0.29, 0.717) is 18.8 Å². The third-order valence-electron chi connectivity index (χ3n) is 2.70. The van der Waals surface area contributed by atoms with Gasteiger partial charge in [0.15, 0.2) is 0 Å². The van der Waals surface area contributed by atoms with Gasteiger partial charge in [0.25, 0.3) is 14.2 Å². The number of rotatable bonds is 6. The summed E-state index contributed by atoms with van der Waals surface area (Å²) in [6.45, 7) is 8.25. The minimum absolute atomic E-state index is 0.204. The van der Waals surface area contributed by atoms with Crippen molar-refractivity contribution in [2.75, 3.05) is 7.11 Å². The van der Waals surface area contributed by atoms with Crippen LogP contribution in [0.4, 0.5) is 0 Å². The number of hydrogen-bond donors (Lipinski definition) is 0. The molecule has 1 aromatic heterocycles. The molecule has 110 valence electrons. The van der Waals surface area contributed by atoms with Crippen molar-refractivity contribution in [1.82, 2.24) is 14.8 Å². The molecule has 19 heavy (non-hydrogen) atoms. The minimum Gasteiger partial charge on any atom is -0.378 e. The fraction of sp³-hybridized carbons (Fsp3) is 0.818. The molecule has 1 rings (SSSR count). The predicted octanol–water partition coefficient (Wildman–Crippen LogP) is 1.83. The smallest absolute Gasteiger partial charge is 0.296 e. The summed E-state index contributed by atoms with van der Waals surface area (Å²) in [6, 6.07) is 0. The number of nitrogens with zero attached hydrogens (tertiary/aromatic N) is 3. The normalized spacial score (nSPS) is 13.2. The first-order valence-electron chi connectivity index (χ1n) is 5.98. The summed E-state index contributed by atoms with van der Waals surface area (Å²) in [5.41, 5.74) is -0.449. The summed E-state index contributed by atoms with van der Waals surface area (Å²) in [5, 5.41) is 7.43. The van der Waals surface area contributed by atoms with E-state index in [1.165, 1.54) is 0 Å². The van der Waals surface area contributed by atoms with Crippen molar-refractivity contribution >= 4 is 19.7 Å². The van der Waals surface area contributed by atoms with Gasteiger partial charge in [0.1, 0.15) is 5.82 Å². The van der Waals surface area contributed by atoms with Gasteiger partial charge < -0.3 is 9.30 Å². The Kier molecular flexibility index (Phi) is 4.97. The molecule has 0 unspecified atom stereocenters. The maximum atomic E-state index is 11.5. The summed E-state index contributed by atoms with van der Waals surface area (Å²) in [5.74, 6) is 0.803. The first-order valence-corrected chi connectivity index (χ1v) is 8.29. The van der Waals surface area contributed by atoms with Gasteiger partial charge in [0, 0.05) is 30.8 Å². The Morgan fingerprint density at radius 2 is 1.95 bits per heavy atom. The summed E-state index contributed by atoms with van der Waals surface area (Å²) in [7, 11) is 3.08. The maximum absolute atomic E-state index is 11.5. The molecule has 0 aliphatic rings. The molecule has 8 heteroatoms. The Labute approximate surface area is 118 Å². The van der Waals surface area contributed by atoms with E-state index in [4.69, 9.17) is 15.4 Å². The molecule has 0 aliphatic carbocycles. The van der Waals surface area contributed by atoms with Gasteiger partial charge in [0.2, 0.25) is 0 Å². The van der Waals surface area contributed by atoms with E-state index in [1.807, 2.05) is 27.7 Å². The van der Waals surface area contributed by atoms with Crippen molar-refractivity contribution in [2.45, 2.75) is 51.4 Å². The molecule has 0 saturated carbocycles. The molecule has 0 aromatic carbocycles. The Balaban J connectivity index is 3.23. The highest BCUT2D eigenvalue weighted by Crippen LogP contribution is 2.20. The predicted molar refractivity (Wildman–Crippen MR) is 72.7 cm³/mol. The second-order valence-electron chi connectivity index (χ2n) is 5.48. The Hall–Kier alpha value is -0.660. The molecule has 6 nitrogen and oxygen atoms in total. The number of ether oxygens (including phenoxy) is 1. The van der Waals surface area contributed by atoms with Gasteiger partial charge in [0.05, 0.1) is 5.60 Å². The zero-order valence-electron chi connectivity index (χ0n) is 11.8. The van der Waals surface area contributed by atoms with Crippen molar-refractivity contribution in [1.29, 1.82) is 0 Å². The Morgan fingerprint density at radius 3 is 2.37 bits per heavy atom. The van der Waals surface area contributed by atoms with Gasteiger partial charge in [-0.2, -0.15) is 0 Å². The minimum atomic E-state index is -3.90. The molecular weight excluding hydrogens is 290 g/mol. The van der Waals surface area contributed by atoms with Crippen molar-refractivity contribution < 1.29 is 13.2 Å². The van der Waals surface area contributed by atoms with Crippen LogP contribution in [0.1, 0.15) is 33.5 Å². The van der Waals surface area contributed by atoms with Crippen LogP contribution < -0.4 is 0 Å². The Morgan fingerprint density at radius 1 is 1.37 bits per heavy atom. The van der Waals surface area contributed by atoms with Crippen LogP contribution in [-0.4, -0.2) is 35.9 Å². The molecule has 0 saturated heterocycles. The summed E-state index contributed by atoms with van der Waals surface area (Å²) >= 11 is 0. The van der Waals surface area contributed by atoms with Gasteiger partial charge in [-0.3, -0.25) is 0 Å². The number of aromatic nitrogens is 3. The lowest BCUT2D eigenvalue weighted by atomic mass is 10.0. The summed E-state index contributed by atoms with van der Waals surface area (Å²) in [4.78, 5) is 0. The fourth-order valence-electron chi connectivity index (χ4n) is 1.63. The number of hydrogen-bond acceptors (Lipinski definition) is 5. The lowest BCUT2D eigenvalue weighted by molar-refractivity contribution is 0.0206. The second kappa shape index (κ2) is 5.76. The number of halogens is 1. The average molecular weight is 310 g/mol. The largest absolute Gasteiger partial charge is 0.378 e. The molecule has 0 bridgehead atoms. The van der Waals surface area contributed by atoms with Crippen LogP contribution in [0.25, 0.3) is 0 Å². The first kappa shape index (κ1) is 16.4. The van der Waals surface area contributed by atoms with Crippen LogP contribution in [0.3, 0.4) is 0 Å². The fourth-order valence-corrected chi connectivity index (χ4v) is 2.56. The van der Waals surface area contributed by atoms with E-state index in [1.54, 1.807) is 11.7 Å². The van der Waals surface area contributed by atoms with Crippen LogP contribution in [0, 0.1) is 5.92 Å². The van der Waals surface area contributed by atoms with Crippen molar-refractivity contribution in [3.05, 3.63) is 5.82 Å². The van der Waals surface area contributed by atoms with E-state index in [2.05, 4.69) is 10.2 Å². The maximum Gasteiger partial charge on any atom is 0.296 e. The van der Waals surface area contributed by atoms with Gasteiger partial charge in [-0.25, -0.2) is 8.42 Å². The quantitative estimate of drug-likeness (QED) is 0.749. The molecule has 0 spiro atoms. The lowest BCUT2D eigenvalue weighted by Crippen LogP contribution is -2.28. The molecule has 0 fully saturated rings. The zero-order chi connectivity index (χ0) is 14.8.